The first-order valence-electron chi connectivity index (χ1n) is 6.85. The summed E-state index contributed by atoms with van der Waals surface area (Å²) >= 11 is 0. The highest BCUT2D eigenvalue weighted by atomic mass is 16.2. The van der Waals surface area contributed by atoms with Gasteiger partial charge in [0.05, 0.1) is 6.04 Å². The third-order valence-electron chi connectivity index (χ3n) is 3.82. The number of hydrogen-bond acceptors (Lipinski definition) is 3. The van der Waals surface area contributed by atoms with Gasteiger partial charge in [-0.1, -0.05) is 24.3 Å². The number of nitrogens with zero attached hydrogens (tertiary/aromatic N) is 1. The van der Waals surface area contributed by atoms with Crippen molar-refractivity contribution in [1.29, 1.82) is 0 Å². The summed E-state index contributed by atoms with van der Waals surface area (Å²) in [6, 6.07) is 6.87. The second-order valence-corrected chi connectivity index (χ2v) is 5.16. The predicted molar refractivity (Wildman–Crippen MR) is 77.2 cm³/mol. The van der Waals surface area contributed by atoms with Gasteiger partial charge in [0.25, 0.3) is 0 Å². The van der Waals surface area contributed by atoms with Gasteiger partial charge in [0, 0.05) is 13.6 Å². The van der Waals surface area contributed by atoms with Crippen LogP contribution in [0.15, 0.2) is 24.3 Å². The highest BCUT2D eigenvalue weighted by molar-refractivity contribution is 5.91. The van der Waals surface area contributed by atoms with Crippen LogP contribution in [0, 0.1) is 0 Å². The zero-order chi connectivity index (χ0) is 14.7. The first-order valence-corrected chi connectivity index (χ1v) is 6.85. The highest BCUT2D eigenvalue weighted by Gasteiger charge is 2.30. The Hall–Kier alpha value is -1.88. The van der Waals surface area contributed by atoms with E-state index < -0.39 is 6.04 Å². The highest BCUT2D eigenvalue weighted by Crippen LogP contribution is 2.24. The molecular weight excluding hydrogens is 254 g/mol. The largest absolute Gasteiger partial charge is 0.343 e. The molecule has 0 aromatic heterocycles. The predicted octanol–water partition coefficient (Wildman–Crippen LogP) is 0.466. The molecule has 0 fully saturated rings. The summed E-state index contributed by atoms with van der Waals surface area (Å²) in [4.78, 5) is 26.2. The lowest BCUT2D eigenvalue weighted by atomic mass is 9.99. The average molecular weight is 275 g/mol. The van der Waals surface area contributed by atoms with Crippen LogP contribution < -0.4 is 10.6 Å². The second kappa shape index (κ2) is 6.05. The van der Waals surface area contributed by atoms with E-state index in [9.17, 15) is 9.59 Å². The molecule has 2 N–H and O–H groups in total. The first kappa shape index (κ1) is 14.5. The van der Waals surface area contributed by atoms with E-state index >= 15 is 0 Å². The summed E-state index contributed by atoms with van der Waals surface area (Å²) in [6.07, 6.45) is 0.812. The van der Waals surface area contributed by atoms with E-state index in [4.69, 9.17) is 0 Å². The topological polar surface area (TPSA) is 61.4 Å². The molecule has 0 bridgehead atoms. The molecule has 0 unspecified atom stereocenters. The standard InChI is InChI=1S/C15H21N3O2/c1-10(16-2)14(19)17-13-12-7-5-4-6-11(12)8-9-18(3)15(13)20/h4-7,10,13,16H,8-9H2,1-3H3,(H,17,19)/t10-,13-/m0/s1. The minimum absolute atomic E-state index is 0.0633. The zero-order valence-corrected chi connectivity index (χ0v) is 12.1. The summed E-state index contributed by atoms with van der Waals surface area (Å²) in [5, 5.41) is 5.74. The normalized spacial score (nSPS) is 20.1. The summed E-state index contributed by atoms with van der Waals surface area (Å²) in [7, 11) is 3.49. The van der Waals surface area contributed by atoms with Crippen LogP contribution in [-0.2, 0) is 16.0 Å². The summed E-state index contributed by atoms with van der Waals surface area (Å²) in [5.41, 5.74) is 2.02. The molecule has 1 aliphatic rings. The Balaban J connectivity index is 2.32. The van der Waals surface area contributed by atoms with Crippen molar-refractivity contribution in [2.45, 2.75) is 25.4 Å². The van der Waals surface area contributed by atoms with Crippen LogP contribution in [0.5, 0.6) is 0 Å². The quantitative estimate of drug-likeness (QED) is 0.843. The van der Waals surface area contributed by atoms with Crippen molar-refractivity contribution in [2.75, 3.05) is 20.6 Å². The van der Waals surface area contributed by atoms with Crippen molar-refractivity contribution in [3.05, 3.63) is 35.4 Å². The van der Waals surface area contributed by atoms with Crippen molar-refractivity contribution in [3.8, 4) is 0 Å². The Morgan fingerprint density at radius 2 is 2.10 bits per heavy atom. The minimum Gasteiger partial charge on any atom is -0.343 e. The van der Waals surface area contributed by atoms with Crippen molar-refractivity contribution in [2.24, 2.45) is 0 Å². The Morgan fingerprint density at radius 3 is 2.80 bits per heavy atom. The van der Waals surface area contributed by atoms with Gasteiger partial charge in [-0.2, -0.15) is 0 Å². The monoisotopic (exact) mass is 275 g/mol. The summed E-state index contributed by atoms with van der Waals surface area (Å²) < 4.78 is 0. The zero-order valence-electron chi connectivity index (χ0n) is 12.1. The smallest absolute Gasteiger partial charge is 0.249 e. The maximum Gasteiger partial charge on any atom is 0.249 e. The molecule has 1 aliphatic heterocycles. The number of rotatable bonds is 3. The number of nitrogens with one attached hydrogen (secondary N) is 2. The minimum atomic E-state index is -0.595. The van der Waals surface area contributed by atoms with Gasteiger partial charge in [-0.3, -0.25) is 9.59 Å². The van der Waals surface area contributed by atoms with Crippen molar-refractivity contribution in [1.82, 2.24) is 15.5 Å². The maximum atomic E-state index is 12.4. The van der Waals surface area contributed by atoms with Gasteiger partial charge < -0.3 is 15.5 Å². The van der Waals surface area contributed by atoms with E-state index in [0.717, 1.165) is 17.5 Å². The number of amides is 2. The van der Waals surface area contributed by atoms with E-state index in [2.05, 4.69) is 10.6 Å². The molecule has 1 aromatic carbocycles. The number of fused-ring (bicyclic) bond motifs is 1. The van der Waals surface area contributed by atoms with Gasteiger partial charge in [0.15, 0.2) is 0 Å². The SMILES string of the molecule is CN[C@@H](C)C(=O)N[C@@H]1C(=O)N(C)CCc2ccccc21. The molecule has 5 heteroatoms. The van der Waals surface area contributed by atoms with Crippen molar-refractivity contribution < 1.29 is 9.59 Å². The molecule has 108 valence electrons. The van der Waals surface area contributed by atoms with Crippen LogP contribution in [0.4, 0.5) is 0 Å². The van der Waals surface area contributed by atoms with Crippen molar-refractivity contribution in [3.63, 3.8) is 0 Å². The molecule has 0 saturated carbocycles. The van der Waals surface area contributed by atoms with Gasteiger partial charge in [-0.15, -0.1) is 0 Å². The van der Waals surface area contributed by atoms with Crippen LogP contribution >= 0.6 is 0 Å². The molecule has 0 aliphatic carbocycles. The molecule has 2 amide bonds. The molecule has 5 nitrogen and oxygen atoms in total. The number of carbonyl (C=O) groups excluding carboxylic acids is 2. The Labute approximate surface area is 119 Å². The fourth-order valence-corrected chi connectivity index (χ4v) is 2.33. The van der Waals surface area contributed by atoms with E-state index in [-0.39, 0.29) is 17.9 Å². The molecular formula is C15H21N3O2. The van der Waals surface area contributed by atoms with Crippen LogP contribution in [0.2, 0.25) is 0 Å². The van der Waals surface area contributed by atoms with E-state index in [1.54, 1.807) is 25.9 Å². The molecule has 1 heterocycles. The Morgan fingerprint density at radius 1 is 1.40 bits per heavy atom. The van der Waals surface area contributed by atoms with Crippen LogP contribution in [0.1, 0.15) is 24.1 Å². The molecule has 1 aromatic rings. The summed E-state index contributed by atoms with van der Waals surface area (Å²) in [6.45, 7) is 2.44. The van der Waals surface area contributed by atoms with E-state index in [0.29, 0.717) is 6.54 Å². The molecule has 0 saturated heterocycles. The number of likely N-dealkylation sites (N-methyl/N-ethyl adjacent to an activating group) is 2. The Bertz CT molecular complexity index is 516. The van der Waals surface area contributed by atoms with Gasteiger partial charge in [0.1, 0.15) is 6.04 Å². The third kappa shape index (κ3) is 2.82. The molecule has 2 rings (SSSR count). The van der Waals surface area contributed by atoms with E-state index in [1.165, 1.54) is 0 Å². The van der Waals surface area contributed by atoms with Gasteiger partial charge in [0.2, 0.25) is 11.8 Å². The molecule has 0 spiro atoms. The fourth-order valence-electron chi connectivity index (χ4n) is 2.33. The summed E-state index contributed by atoms with van der Waals surface area (Å²) in [5.74, 6) is -0.234. The van der Waals surface area contributed by atoms with Gasteiger partial charge >= 0.3 is 0 Å². The van der Waals surface area contributed by atoms with Crippen LogP contribution in [0.25, 0.3) is 0 Å². The first-order chi connectivity index (χ1) is 9.54. The van der Waals surface area contributed by atoms with Crippen LogP contribution in [-0.4, -0.2) is 43.4 Å². The average Bonchev–Trinajstić information content (AvgIpc) is 2.59. The lowest BCUT2D eigenvalue weighted by Gasteiger charge is -2.23. The third-order valence-corrected chi connectivity index (χ3v) is 3.82. The lowest BCUT2D eigenvalue weighted by molar-refractivity contribution is -0.135. The number of hydrogen-bond donors (Lipinski definition) is 2. The number of benzene rings is 1. The second-order valence-electron chi connectivity index (χ2n) is 5.16. The van der Waals surface area contributed by atoms with E-state index in [1.807, 2.05) is 24.3 Å². The molecule has 20 heavy (non-hydrogen) atoms. The van der Waals surface area contributed by atoms with Crippen molar-refractivity contribution >= 4 is 11.8 Å². The molecule has 0 radical (unpaired) electrons. The Kier molecular flexibility index (Phi) is 4.39. The lowest BCUT2D eigenvalue weighted by Crippen LogP contribution is -2.46. The molecule has 2 atom stereocenters. The maximum absolute atomic E-state index is 12.4. The van der Waals surface area contributed by atoms with Gasteiger partial charge in [-0.05, 0) is 31.5 Å². The fraction of sp³-hybridized carbons (Fsp3) is 0.467. The van der Waals surface area contributed by atoms with Crippen LogP contribution in [0.3, 0.4) is 0 Å². The number of carbonyl (C=O) groups is 2. The van der Waals surface area contributed by atoms with Gasteiger partial charge in [-0.25, -0.2) is 0 Å².